The van der Waals surface area contributed by atoms with E-state index < -0.39 is 0 Å². The van der Waals surface area contributed by atoms with Gasteiger partial charge >= 0.3 is 0 Å². The molecule has 0 saturated carbocycles. The van der Waals surface area contributed by atoms with Crippen molar-refractivity contribution >= 4 is 38.6 Å². The van der Waals surface area contributed by atoms with Gasteiger partial charge in [-0.1, -0.05) is 196 Å². The number of hydrogen-bond donors (Lipinski definition) is 0. The first-order valence-electron chi connectivity index (χ1n) is 21.8. The van der Waals surface area contributed by atoms with E-state index in [1.807, 2.05) is 0 Å². The summed E-state index contributed by atoms with van der Waals surface area (Å²) < 4.78 is 0. The van der Waals surface area contributed by atoms with Crippen LogP contribution in [0.3, 0.4) is 0 Å². The van der Waals surface area contributed by atoms with Crippen LogP contribution in [0.1, 0.15) is 48.6 Å². The van der Waals surface area contributed by atoms with Gasteiger partial charge in [0.25, 0.3) is 0 Å². The predicted molar refractivity (Wildman–Crippen MR) is 262 cm³/mol. The van der Waals surface area contributed by atoms with E-state index in [9.17, 15) is 0 Å². The van der Waals surface area contributed by atoms with Gasteiger partial charge in [0.15, 0.2) is 0 Å². The molecule has 62 heavy (non-hydrogen) atoms. The standard InChI is InChI=1S/C61H45N/c1-60(2)56-28-11-9-23-53(56)55-27-15-25-49(59(55)60)42-17-13-20-45(38-42)62(44-33-30-41(31-34-44)48-24-14-26-50-47-21-8-7-16-40(47)32-36-51(48)50)46-35-37-54-52-22-10-12-29-57(52)61(3,58(54)39-46)43-18-5-4-6-19-43/h4-39H,1-3H3. The summed E-state index contributed by atoms with van der Waals surface area (Å²) >= 11 is 0. The first-order valence-corrected chi connectivity index (χ1v) is 21.8. The quantitative estimate of drug-likeness (QED) is 0.152. The largest absolute Gasteiger partial charge is 0.310 e. The fourth-order valence-electron chi connectivity index (χ4n) is 11.1. The van der Waals surface area contributed by atoms with Crippen LogP contribution in [0.25, 0.3) is 66.1 Å². The van der Waals surface area contributed by atoms with Crippen LogP contribution in [-0.2, 0) is 10.8 Å². The van der Waals surface area contributed by atoms with Crippen molar-refractivity contribution in [1.29, 1.82) is 0 Å². The summed E-state index contributed by atoms with van der Waals surface area (Å²) in [5.74, 6) is 0. The maximum Gasteiger partial charge on any atom is 0.0467 e. The second-order valence-corrected chi connectivity index (χ2v) is 17.8. The van der Waals surface area contributed by atoms with E-state index in [-0.39, 0.29) is 10.8 Å². The third-order valence-corrected chi connectivity index (χ3v) is 14.1. The highest BCUT2D eigenvalue weighted by Gasteiger charge is 2.41. The molecule has 294 valence electrons. The van der Waals surface area contributed by atoms with Gasteiger partial charge in [0.1, 0.15) is 0 Å². The Hall–Kier alpha value is -7.48. The Balaban J connectivity index is 1.03. The zero-order valence-corrected chi connectivity index (χ0v) is 35.2. The number of nitrogens with zero attached hydrogens (tertiary/aromatic N) is 1. The number of benzene rings is 10. The van der Waals surface area contributed by atoms with Crippen LogP contribution in [0, 0.1) is 0 Å². The molecule has 0 saturated heterocycles. The molecule has 1 heteroatoms. The first kappa shape index (κ1) is 36.4. The van der Waals surface area contributed by atoms with Crippen LogP contribution < -0.4 is 4.90 Å². The maximum absolute atomic E-state index is 2.46. The molecule has 10 aromatic carbocycles. The summed E-state index contributed by atoms with van der Waals surface area (Å²) in [7, 11) is 0. The number of anilines is 3. The van der Waals surface area contributed by atoms with Gasteiger partial charge in [-0.3, -0.25) is 0 Å². The van der Waals surface area contributed by atoms with Crippen LogP contribution >= 0.6 is 0 Å². The molecule has 0 aromatic heterocycles. The van der Waals surface area contributed by atoms with Crippen LogP contribution in [0.5, 0.6) is 0 Å². The van der Waals surface area contributed by atoms with Gasteiger partial charge in [-0.25, -0.2) is 0 Å². The summed E-state index contributed by atoms with van der Waals surface area (Å²) in [6.07, 6.45) is 0. The van der Waals surface area contributed by atoms with Gasteiger partial charge in [-0.2, -0.15) is 0 Å². The molecule has 1 unspecified atom stereocenters. The normalized spacial score (nSPS) is 15.5. The lowest BCUT2D eigenvalue weighted by atomic mass is 9.74. The van der Waals surface area contributed by atoms with Gasteiger partial charge in [0.05, 0.1) is 0 Å². The lowest BCUT2D eigenvalue weighted by molar-refractivity contribution is 0.662. The minimum Gasteiger partial charge on any atom is -0.310 e. The average Bonchev–Trinajstić information content (AvgIpc) is 3.73. The Morgan fingerprint density at radius 3 is 1.76 bits per heavy atom. The molecule has 0 aliphatic heterocycles. The van der Waals surface area contributed by atoms with Crippen molar-refractivity contribution < 1.29 is 0 Å². The molecule has 12 rings (SSSR count). The van der Waals surface area contributed by atoms with Crippen molar-refractivity contribution in [3.63, 3.8) is 0 Å². The number of rotatable bonds is 6. The van der Waals surface area contributed by atoms with E-state index in [0.29, 0.717) is 0 Å². The second kappa shape index (κ2) is 13.8. The molecule has 1 nitrogen and oxygen atoms in total. The summed E-state index contributed by atoms with van der Waals surface area (Å²) in [6.45, 7) is 7.16. The van der Waals surface area contributed by atoms with Crippen molar-refractivity contribution in [3.8, 4) is 44.5 Å². The Kier molecular flexibility index (Phi) is 8.08. The number of fused-ring (bicyclic) bond motifs is 9. The summed E-state index contributed by atoms with van der Waals surface area (Å²) in [4.78, 5) is 2.46. The fraction of sp³-hybridized carbons (Fsp3) is 0.0820. The first-order chi connectivity index (χ1) is 30.4. The molecule has 0 bridgehead atoms. The monoisotopic (exact) mass is 791 g/mol. The molecule has 0 heterocycles. The Morgan fingerprint density at radius 2 is 0.919 bits per heavy atom. The molecule has 0 fully saturated rings. The third kappa shape index (κ3) is 5.34. The minimum atomic E-state index is -0.315. The second-order valence-electron chi connectivity index (χ2n) is 17.8. The third-order valence-electron chi connectivity index (χ3n) is 14.1. The molecule has 2 aliphatic rings. The Labute approximate surface area is 364 Å². The molecule has 0 spiro atoms. The highest BCUT2D eigenvalue weighted by Crippen LogP contribution is 2.55. The van der Waals surface area contributed by atoms with Crippen LogP contribution in [0.2, 0.25) is 0 Å². The average molecular weight is 792 g/mol. The van der Waals surface area contributed by atoms with E-state index in [2.05, 4.69) is 244 Å². The van der Waals surface area contributed by atoms with Crippen molar-refractivity contribution in [2.45, 2.75) is 31.6 Å². The SMILES string of the molecule is CC1(C)c2ccccc2-c2cccc(-c3cccc(N(c4ccc(-c5cccc6c5ccc5ccccc56)cc4)c4ccc5c(c4)C(C)(c4ccccc4)c4ccccc4-5)c3)c21. The molecular weight excluding hydrogens is 747 g/mol. The van der Waals surface area contributed by atoms with E-state index in [1.165, 1.54) is 93.9 Å². The summed E-state index contributed by atoms with van der Waals surface area (Å²) in [5.41, 5.74) is 19.9. The van der Waals surface area contributed by atoms with Crippen molar-refractivity contribution in [2.75, 3.05) is 4.90 Å². The molecular formula is C61H45N. The van der Waals surface area contributed by atoms with Crippen molar-refractivity contribution in [1.82, 2.24) is 0 Å². The molecule has 0 N–H and O–H groups in total. The van der Waals surface area contributed by atoms with Crippen LogP contribution in [0.4, 0.5) is 17.1 Å². The van der Waals surface area contributed by atoms with Gasteiger partial charge < -0.3 is 4.90 Å². The van der Waals surface area contributed by atoms with E-state index in [0.717, 1.165) is 17.1 Å². The topological polar surface area (TPSA) is 3.24 Å². The smallest absolute Gasteiger partial charge is 0.0467 e. The van der Waals surface area contributed by atoms with Gasteiger partial charge in [-0.05, 0) is 137 Å². The summed E-state index contributed by atoms with van der Waals surface area (Å²) in [5, 5.41) is 5.09. The zero-order valence-electron chi connectivity index (χ0n) is 35.2. The van der Waals surface area contributed by atoms with Crippen molar-refractivity contribution in [3.05, 3.63) is 246 Å². The summed E-state index contributed by atoms with van der Waals surface area (Å²) in [6, 6.07) is 81.2. The lowest BCUT2D eigenvalue weighted by Crippen LogP contribution is -2.22. The highest BCUT2D eigenvalue weighted by atomic mass is 15.1. The van der Waals surface area contributed by atoms with Crippen molar-refractivity contribution in [2.24, 2.45) is 0 Å². The van der Waals surface area contributed by atoms with Gasteiger partial charge in [-0.15, -0.1) is 0 Å². The van der Waals surface area contributed by atoms with E-state index in [1.54, 1.807) is 0 Å². The minimum absolute atomic E-state index is 0.126. The molecule has 0 amide bonds. The van der Waals surface area contributed by atoms with Gasteiger partial charge in [0.2, 0.25) is 0 Å². The highest BCUT2D eigenvalue weighted by molar-refractivity contribution is 6.12. The van der Waals surface area contributed by atoms with Crippen LogP contribution in [0.15, 0.2) is 218 Å². The zero-order chi connectivity index (χ0) is 41.6. The lowest BCUT2D eigenvalue weighted by Gasteiger charge is -2.31. The van der Waals surface area contributed by atoms with E-state index in [4.69, 9.17) is 0 Å². The van der Waals surface area contributed by atoms with E-state index >= 15 is 0 Å². The van der Waals surface area contributed by atoms with Gasteiger partial charge in [0, 0.05) is 27.9 Å². The fourth-order valence-corrected chi connectivity index (χ4v) is 11.1. The Bertz CT molecular complexity index is 3390. The molecule has 2 aliphatic carbocycles. The number of hydrogen-bond acceptors (Lipinski definition) is 1. The molecule has 10 aromatic rings. The molecule has 1 atom stereocenters. The predicted octanol–water partition coefficient (Wildman–Crippen LogP) is 16.4. The Morgan fingerprint density at radius 1 is 0.323 bits per heavy atom. The van der Waals surface area contributed by atoms with Crippen LogP contribution in [-0.4, -0.2) is 0 Å². The molecule has 0 radical (unpaired) electrons. The maximum atomic E-state index is 2.46.